The van der Waals surface area contributed by atoms with Crippen molar-refractivity contribution in [3.05, 3.63) is 17.7 Å². The number of nitrogens with zero attached hydrogens (tertiary/aromatic N) is 2. The van der Waals surface area contributed by atoms with Crippen LogP contribution in [-0.2, 0) is 6.54 Å². The van der Waals surface area contributed by atoms with Crippen molar-refractivity contribution in [2.75, 3.05) is 20.8 Å². The zero-order chi connectivity index (χ0) is 12.5. The van der Waals surface area contributed by atoms with Crippen LogP contribution in [0.4, 0.5) is 5.69 Å². The van der Waals surface area contributed by atoms with Gasteiger partial charge in [0.05, 0.1) is 14.2 Å². The number of ether oxygens (including phenoxy) is 2. The SMILES string of the molecule is COc1cc2c(c(OC)c1)N=C1CCCCN1C2. The molecule has 0 aliphatic carbocycles. The van der Waals surface area contributed by atoms with Gasteiger partial charge in [-0.25, -0.2) is 4.99 Å². The van der Waals surface area contributed by atoms with Gasteiger partial charge < -0.3 is 14.4 Å². The van der Waals surface area contributed by atoms with Gasteiger partial charge in [-0.3, -0.25) is 0 Å². The van der Waals surface area contributed by atoms with Crippen LogP contribution in [0.15, 0.2) is 17.1 Å². The molecule has 0 aromatic heterocycles. The molecule has 0 atom stereocenters. The van der Waals surface area contributed by atoms with Gasteiger partial charge in [-0.15, -0.1) is 0 Å². The summed E-state index contributed by atoms with van der Waals surface area (Å²) in [6, 6.07) is 3.97. The minimum atomic E-state index is 0.807. The molecule has 1 aromatic rings. The summed E-state index contributed by atoms with van der Waals surface area (Å²) in [5.41, 5.74) is 2.17. The Labute approximate surface area is 107 Å². The Bertz CT molecular complexity index is 497. The number of aliphatic imine (C=N–C) groups is 1. The van der Waals surface area contributed by atoms with Crippen LogP contribution in [-0.4, -0.2) is 31.5 Å². The van der Waals surface area contributed by atoms with Gasteiger partial charge >= 0.3 is 0 Å². The Morgan fingerprint density at radius 1 is 1.17 bits per heavy atom. The maximum atomic E-state index is 5.43. The highest BCUT2D eigenvalue weighted by Crippen LogP contribution is 2.40. The number of piperidine rings is 1. The van der Waals surface area contributed by atoms with E-state index in [1.54, 1.807) is 14.2 Å². The standard InChI is InChI=1S/C14H18N2O2/c1-17-11-7-10-9-16-6-4-3-5-13(16)15-14(10)12(8-11)18-2/h7-8H,3-6,9H2,1-2H3. The van der Waals surface area contributed by atoms with Gasteiger partial charge in [-0.05, 0) is 18.9 Å². The normalized spacial score (nSPS) is 17.7. The summed E-state index contributed by atoms with van der Waals surface area (Å²) in [6.07, 6.45) is 3.58. The monoisotopic (exact) mass is 246 g/mol. The van der Waals surface area contributed by atoms with E-state index >= 15 is 0 Å². The topological polar surface area (TPSA) is 34.1 Å². The van der Waals surface area contributed by atoms with Crippen molar-refractivity contribution < 1.29 is 9.47 Å². The van der Waals surface area contributed by atoms with Crippen molar-refractivity contribution in [2.24, 2.45) is 4.99 Å². The summed E-state index contributed by atoms with van der Waals surface area (Å²) in [7, 11) is 3.36. The molecule has 0 bridgehead atoms. The molecule has 4 nitrogen and oxygen atoms in total. The third-order valence-electron chi connectivity index (χ3n) is 3.63. The first kappa shape index (κ1) is 11.4. The fourth-order valence-corrected chi connectivity index (χ4v) is 2.66. The minimum absolute atomic E-state index is 0.807. The summed E-state index contributed by atoms with van der Waals surface area (Å²) in [5.74, 6) is 2.85. The van der Waals surface area contributed by atoms with Gasteiger partial charge in [0.15, 0.2) is 0 Å². The molecule has 1 saturated heterocycles. The van der Waals surface area contributed by atoms with Gasteiger partial charge in [0, 0.05) is 31.1 Å². The van der Waals surface area contributed by atoms with Gasteiger partial charge in [0.2, 0.25) is 0 Å². The van der Waals surface area contributed by atoms with Crippen molar-refractivity contribution in [2.45, 2.75) is 25.8 Å². The van der Waals surface area contributed by atoms with Crippen LogP contribution in [0.3, 0.4) is 0 Å². The van der Waals surface area contributed by atoms with Crippen LogP contribution in [0.1, 0.15) is 24.8 Å². The van der Waals surface area contributed by atoms with E-state index in [0.717, 1.165) is 36.7 Å². The fraction of sp³-hybridized carbons (Fsp3) is 0.500. The molecule has 18 heavy (non-hydrogen) atoms. The molecule has 96 valence electrons. The van der Waals surface area contributed by atoms with E-state index in [-0.39, 0.29) is 0 Å². The second kappa shape index (κ2) is 4.52. The lowest BCUT2D eigenvalue weighted by Gasteiger charge is -2.34. The zero-order valence-corrected chi connectivity index (χ0v) is 10.9. The Balaban J connectivity index is 2.07. The van der Waals surface area contributed by atoms with Gasteiger partial charge in [0.25, 0.3) is 0 Å². The second-order valence-electron chi connectivity index (χ2n) is 4.74. The molecule has 1 fully saturated rings. The molecule has 0 N–H and O–H groups in total. The van der Waals surface area contributed by atoms with Crippen LogP contribution < -0.4 is 9.47 Å². The second-order valence-corrected chi connectivity index (χ2v) is 4.74. The van der Waals surface area contributed by atoms with E-state index in [1.165, 1.54) is 24.2 Å². The first-order valence-electron chi connectivity index (χ1n) is 6.39. The van der Waals surface area contributed by atoms with E-state index in [2.05, 4.69) is 11.0 Å². The summed E-state index contributed by atoms with van der Waals surface area (Å²) in [5, 5.41) is 0. The third-order valence-corrected chi connectivity index (χ3v) is 3.63. The summed E-state index contributed by atoms with van der Waals surface area (Å²) < 4.78 is 10.7. The predicted molar refractivity (Wildman–Crippen MR) is 70.9 cm³/mol. The van der Waals surface area contributed by atoms with E-state index in [4.69, 9.17) is 14.5 Å². The average Bonchev–Trinajstić information content (AvgIpc) is 2.43. The lowest BCUT2D eigenvalue weighted by atomic mass is 10.0. The Hall–Kier alpha value is -1.71. The zero-order valence-electron chi connectivity index (χ0n) is 10.9. The van der Waals surface area contributed by atoms with E-state index < -0.39 is 0 Å². The molecule has 1 aromatic carbocycles. The predicted octanol–water partition coefficient (Wildman–Crippen LogP) is 2.73. The van der Waals surface area contributed by atoms with E-state index in [1.807, 2.05) is 6.07 Å². The maximum absolute atomic E-state index is 5.43. The number of benzene rings is 1. The number of rotatable bonds is 2. The molecule has 0 spiro atoms. The van der Waals surface area contributed by atoms with Crippen LogP contribution in [0.5, 0.6) is 11.5 Å². The van der Waals surface area contributed by atoms with Gasteiger partial charge in [0.1, 0.15) is 23.0 Å². The van der Waals surface area contributed by atoms with Crippen molar-refractivity contribution >= 4 is 11.5 Å². The first-order chi connectivity index (χ1) is 8.81. The lowest BCUT2D eigenvalue weighted by Crippen LogP contribution is -2.36. The molecule has 2 aliphatic heterocycles. The number of amidine groups is 1. The largest absolute Gasteiger partial charge is 0.497 e. The Kier molecular flexibility index (Phi) is 2.86. The Morgan fingerprint density at radius 3 is 2.83 bits per heavy atom. The summed E-state index contributed by atoms with van der Waals surface area (Å²) in [4.78, 5) is 7.14. The van der Waals surface area contributed by atoms with Crippen molar-refractivity contribution in [3.63, 3.8) is 0 Å². The average molecular weight is 246 g/mol. The number of hydrogen-bond acceptors (Lipinski definition) is 4. The van der Waals surface area contributed by atoms with Crippen LogP contribution in [0, 0.1) is 0 Å². The molecule has 0 unspecified atom stereocenters. The molecule has 2 heterocycles. The molecule has 0 radical (unpaired) electrons. The highest BCUT2D eigenvalue weighted by atomic mass is 16.5. The minimum Gasteiger partial charge on any atom is -0.497 e. The van der Waals surface area contributed by atoms with E-state index in [0.29, 0.717) is 0 Å². The van der Waals surface area contributed by atoms with Gasteiger partial charge in [-0.1, -0.05) is 0 Å². The highest BCUT2D eigenvalue weighted by molar-refractivity contribution is 5.88. The van der Waals surface area contributed by atoms with Crippen molar-refractivity contribution in [3.8, 4) is 11.5 Å². The fourth-order valence-electron chi connectivity index (χ4n) is 2.66. The molecule has 3 rings (SSSR count). The lowest BCUT2D eigenvalue weighted by molar-refractivity contribution is 0.352. The molecule has 0 saturated carbocycles. The molecular weight excluding hydrogens is 228 g/mol. The highest BCUT2D eigenvalue weighted by Gasteiger charge is 2.25. The van der Waals surface area contributed by atoms with Gasteiger partial charge in [-0.2, -0.15) is 0 Å². The van der Waals surface area contributed by atoms with Crippen LogP contribution >= 0.6 is 0 Å². The summed E-state index contributed by atoms with van der Waals surface area (Å²) >= 11 is 0. The van der Waals surface area contributed by atoms with Crippen LogP contribution in [0.2, 0.25) is 0 Å². The molecule has 2 aliphatic rings. The Morgan fingerprint density at radius 2 is 2.06 bits per heavy atom. The van der Waals surface area contributed by atoms with Crippen molar-refractivity contribution in [1.29, 1.82) is 0 Å². The molecule has 0 amide bonds. The smallest absolute Gasteiger partial charge is 0.148 e. The maximum Gasteiger partial charge on any atom is 0.148 e. The van der Waals surface area contributed by atoms with Crippen molar-refractivity contribution in [1.82, 2.24) is 4.90 Å². The van der Waals surface area contributed by atoms with Crippen LogP contribution in [0.25, 0.3) is 0 Å². The first-order valence-corrected chi connectivity index (χ1v) is 6.39. The molecule has 4 heteroatoms. The summed E-state index contributed by atoms with van der Waals surface area (Å²) in [6.45, 7) is 2.03. The third kappa shape index (κ3) is 1.82. The quantitative estimate of drug-likeness (QED) is 0.804. The number of fused-ring (bicyclic) bond motifs is 2. The number of hydrogen-bond donors (Lipinski definition) is 0. The van der Waals surface area contributed by atoms with E-state index in [9.17, 15) is 0 Å². The number of methoxy groups -OCH3 is 2. The molecular formula is C14H18N2O2.